The summed E-state index contributed by atoms with van der Waals surface area (Å²) in [4.78, 5) is 34.8. The van der Waals surface area contributed by atoms with Crippen molar-refractivity contribution in [2.45, 2.75) is 45.6 Å². The minimum absolute atomic E-state index is 0.0508. The van der Waals surface area contributed by atoms with Crippen LogP contribution in [0, 0.1) is 5.92 Å². The van der Waals surface area contributed by atoms with Gasteiger partial charge in [-0.3, -0.25) is 9.59 Å². The number of anilines is 1. The predicted octanol–water partition coefficient (Wildman–Crippen LogP) is 5.84. The van der Waals surface area contributed by atoms with E-state index < -0.39 is 0 Å². The van der Waals surface area contributed by atoms with Gasteiger partial charge in [-0.05, 0) is 49.9 Å². The topological polar surface area (TPSA) is 84.0 Å². The number of aromatic nitrogens is 2. The van der Waals surface area contributed by atoms with Crippen molar-refractivity contribution in [1.29, 1.82) is 0 Å². The van der Waals surface area contributed by atoms with Gasteiger partial charge >= 0.3 is 0 Å². The van der Waals surface area contributed by atoms with Crippen molar-refractivity contribution < 1.29 is 9.59 Å². The second-order valence-corrected chi connectivity index (χ2v) is 10.2. The first-order chi connectivity index (χ1) is 15.5. The Kier molecular flexibility index (Phi) is 5.65. The van der Waals surface area contributed by atoms with Gasteiger partial charge in [0.1, 0.15) is 4.83 Å². The van der Waals surface area contributed by atoms with Crippen LogP contribution < -0.4 is 10.6 Å². The smallest absolute Gasteiger partial charge is 0.253 e. The van der Waals surface area contributed by atoms with Gasteiger partial charge in [0.25, 0.3) is 5.91 Å². The summed E-state index contributed by atoms with van der Waals surface area (Å²) < 4.78 is 1.00. The zero-order valence-corrected chi connectivity index (χ0v) is 19.6. The van der Waals surface area contributed by atoms with Gasteiger partial charge in [-0.15, -0.1) is 11.3 Å². The number of hydrogen-bond donors (Lipinski definition) is 2. The Morgan fingerprint density at radius 2 is 2.06 bits per heavy atom. The highest BCUT2D eigenvalue weighted by Crippen LogP contribution is 2.35. The summed E-state index contributed by atoms with van der Waals surface area (Å²) in [6, 6.07) is 8.22. The summed E-state index contributed by atoms with van der Waals surface area (Å²) in [5.74, 6) is 0.165. The standard InChI is InChI=1S/C24H24N4O2S2/c1-3-4-13(2)26-22(30)18-12-31-23-17(18)9-16(11-25-23)15-7-8-19-20(10-15)32-24(27-19)28-21(29)14-5-6-14/h7-14H,3-6H2,1-2H3,(H,26,30)(H,27,28,29). The zero-order chi connectivity index (χ0) is 22.2. The van der Waals surface area contributed by atoms with Crippen LogP contribution in [0.3, 0.4) is 0 Å². The van der Waals surface area contributed by atoms with Gasteiger partial charge in [0, 0.05) is 34.5 Å². The molecule has 6 nitrogen and oxygen atoms in total. The summed E-state index contributed by atoms with van der Waals surface area (Å²) in [5, 5.41) is 9.41. The molecule has 3 heterocycles. The van der Waals surface area contributed by atoms with Crippen molar-refractivity contribution in [2.75, 3.05) is 5.32 Å². The third-order valence-corrected chi connectivity index (χ3v) is 7.51. The van der Waals surface area contributed by atoms with Crippen LogP contribution in [0.5, 0.6) is 0 Å². The number of rotatable bonds is 7. The van der Waals surface area contributed by atoms with Gasteiger partial charge in [0.15, 0.2) is 5.13 Å². The van der Waals surface area contributed by atoms with E-state index >= 15 is 0 Å². The van der Waals surface area contributed by atoms with Crippen LogP contribution >= 0.6 is 22.7 Å². The van der Waals surface area contributed by atoms with Gasteiger partial charge < -0.3 is 10.6 Å². The molecule has 0 spiro atoms. The van der Waals surface area contributed by atoms with Crippen molar-refractivity contribution >= 4 is 60.1 Å². The molecule has 32 heavy (non-hydrogen) atoms. The van der Waals surface area contributed by atoms with E-state index in [1.54, 1.807) is 0 Å². The molecule has 0 bridgehead atoms. The van der Waals surface area contributed by atoms with Gasteiger partial charge in [-0.2, -0.15) is 0 Å². The van der Waals surface area contributed by atoms with E-state index in [0.717, 1.165) is 57.2 Å². The fraction of sp³-hybridized carbons (Fsp3) is 0.333. The maximum Gasteiger partial charge on any atom is 0.253 e. The SMILES string of the molecule is CCCC(C)NC(=O)c1csc2ncc(-c3ccc4nc(NC(=O)C5CC5)sc4c3)cc12. The molecule has 1 aromatic carbocycles. The fourth-order valence-electron chi connectivity index (χ4n) is 3.77. The maximum atomic E-state index is 12.8. The van der Waals surface area contributed by atoms with Crippen LogP contribution in [-0.2, 0) is 4.79 Å². The predicted molar refractivity (Wildman–Crippen MR) is 131 cm³/mol. The minimum Gasteiger partial charge on any atom is -0.350 e. The molecule has 2 N–H and O–H groups in total. The van der Waals surface area contributed by atoms with Crippen molar-refractivity contribution in [2.24, 2.45) is 5.92 Å². The van der Waals surface area contributed by atoms with Crippen LogP contribution in [0.4, 0.5) is 5.13 Å². The number of hydrogen-bond acceptors (Lipinski definition) is 6. The van der Waals surface area contributed by atoms with E-state index in [1.807, 2.05) is 36.7 Å². The average molecular weight is 465 g/mol. The van der Waals surface area contributed by atoms with Gasteiger partial charge in [-0.25, -0.2) is 9.97 Å². The Labute approximate surface area is 194 Å². The Balaban J connectivity index is 1.43. The number of benzene rings is 1. The first-order valence-corrected chi connectivity index (χ1v) is 12.6. The molecule has 1 atom stereocenters. The number of fused-ring (bicyclic) bond motifs is 2. The van der Waals surface area contributed by atoms with E-state index in [4.69, 9.17) is 0 Å². The lowest BCUT2D eigenvalue weighted by Crippen LogP contribution is -2.32. The number of thiazole rings is 1. The first kappa shape index (κ1) is 21.0. The van der Waals surface area contributed by atoms with Crippen LogP contribution in [0.1, 0.15) is 49.9 Å². The highest BCUT2D eigenvalue weighted by Gasteiger charge is 2.30. The molecule has 1 saturated carbocycles. The molecular formula is C24H24N4O2S2. The molecule has 8 heteroatoms. The molecule has 4 aromatic rings. The third kappa shape index (κ3) is 4.25. The first-order valence-electron chi connectivity index (χ1n) is 10.9. The number of nitrogens with one attached hydrogen (secondary N) is 2. The van der Waals surface area contributed by atoms with E-state index in [2.05, 4.69) is 33.6 Å². The summed E-state index contributed by atoms with van der Waals surface area (Å²) >= 11 is 2.96. The fourth-order valence-corrected chi connectivity index (χ4v) is 5.55. The largest absolute Gasteiger partial charge is 0.350 e. The van der Waals surface area contributed by atoms with Gasteiger partial charge in [0.2, 0.25) is 5.91 Å². The Bertz CT molecular complexity index is 1320. The number of nitrogens with zero attached hydrogens (tertiary/aromatic N) is 2. The number of carbonyl (C=O) groups is 2. The lowest BCUT2D eigenvalue weighted by Gasteiger charge is -2.12. The molecule has 1 unspecified atom stereocenters. The number of carbonyl (C=O) groups excluding carboxylic acids is 2. The lowest BCUT2D eigenvalue weighted by molar-refractivity contribution is -0.117. The summed E-state index contributed by atoms with van der Waals surface area (Å²) in [7, 11) is 0. The molecule has 1 aliphatic carbocycles. The van der Waals surface area contributed by atoms with Crippen molar-refractivity contribution in [1.82, 2.24) is 15.3 Å². The molecule has 3 aromatic heterocycles. The highest BCUT2D eigenvalue weighted by molar-refractivity contribution is 7.22. The number of amides is 2. The maximum absolute atomic E-state index is 12.8. The minimum atomic E-state index is -0.0508. The highest BCUT2D eigenvalue weighted by atomic mass is 32.1. The third-order valence-electron chi connectivity index (χ3n) is 5.67. The van der Waals surface area contributed by atoms with E-state index in [1.165, 1.54) is 22.7 Å². The molecule has 0 radical (unpaired) electrons. The molecule has 2 amide bonds. The van der Waals surface area contributed by atoms with E-state index in [0.29, 0.717) is 10.7 Å². The number of pyridine rings is 1. The summed E-state index contributed by atoms with van der Waals surface area (Å²) in [5.41, 5.74) is 3.49. The molecular weight excluding hydrogens is 440 g/mol. The van der Waals surface area contributed by atoms with E-state index in [-0.39, 0.29) is 23.8 Å². The molecule has 1 fully saturated rings. The second kappa shape index (κ2) is 8.60. The molecule has 164 valence electrons. The van der Waals surface area contributed by atoms with Gasteiger partial charge in [0.05, 0.1) is 15.8 Å². The monoisotopic (exact) mass is 464 g/mol. The second-order valence-electron chi connectivity index (χ2n) is 8.35. The van der Waals surface area contributed by atoms with Crippen molar-refractivity contribution in [3.05, 3.63) is 41.4 Å². The molecule has 0 saturated heterocycles. The van der Waals surface area contributed by atoms with Crippen molar-refractivity contribution in [3.8, 4) is 11.1 Å². The Morgan fingerprint density at radius 3 is 2.84 bits per heavy atom. The molecule has 5 rings (SSSR count). The molecule has 0 aliphatic heterocycles. The summed E-state index contributed by atoms with van der Waals surface area (Å²) in [6.45, 7) is 4.15. The zero-order valence-electron chi connectivity index (χ0n) is 18.0. The van der Waals surface area contributed by atoms with Crippen LogP contribution in [-0.4, -0.2) is 27.8 Å². The van der Waals surface area contributed by atoms with Crippen LogP contribution in [0.25, 0.3) is 31.6 Å². The lowest BCUT2D eigenvalue weighted by atomic mass is 10.1. The van der Waals surface area contributed by atoms with Crippen molar-refractivity contribution in [3.63, 3.8) is 0 Å². The molecule has 1 aliphatic rings. The van der Waals surface area contributed by atoms with Crippen LogP contribution in [0.2, 0.25) is 0 Å². The average Bonchev–Trinajstić information content (AvgIpc) is 3.42. The number of thiophene rings is 1. The quantitative estimate of drug-likeness (QED) is 0.360. The Hall–Kier alpha value is -2.84. The van der Waals surface area contributed by atoms with Crippen LogP contribution in [0.15, 0.2) is 35.8 Å². The van der Waals surface area contributed by atoms with E-state index in [9.17, 15) is 9.59 Å². The Morgan fingerprint density at radius 1 is 1.22 bits per heavy atom. The normalized spacial score (nSPS) is 14.6. The van der Waals surface area contributed by atoms with Gasteiger partial charge in [-0.1, -0.05) is 30.7 Å². The summed E-state index contributed by atoms with van der Waals surface area (Å²) in [6.07, 6.45) is 5.77.